The van der Waals surface area contributed by atoms with Gasteiger partial charge in [0.25, 0.3) is 0 Å². The lowest BCUT2D eigenvalue weighted by atomic mass is 9.53. The van der Waals surface area contributed by atoms with Crippen LogP contribution in [-0.2, 0) is 4.79 Å². The van der Waals surface area contributed by atoms with Crippen LogP contribution in [0.1, 0.15) is 32.6 Å². The molecule has 0 radical (unpaired) electrons. The Morgan fingerprint density at radius 3 is 2.20 bits per heavy atom. The second kappa shape index (κ2) is 1.74. The van der Waals surface area contributed by atoms with Gasteiger partial charge in [0.2, 0.25) is 5.91 Å². The molecule has 2 fully saturated rings. The highest BCUT2D eigenvalue weighted by Crippen LogP contribution is 2.53. The number of rotatable bonds is 1. The van der Waals surface area contributed by atoms with Crippen LogP contribution in [0.3, 0.4) is 0 Å². The van der Waals surface area contributed by atoms with E-state index in [1.165, 1.54) is 25.7 Å². The van der Waals surface area contributed by atoms with E-state index in [1.807, 2.05) is 0 Å². The van der Waals surface area contributed by atoms with Crippen LogP contribution in [0.15, 0.2) is 0 Å². The van der Waals surface area contributed by atoms with Crippen LogP contribution in [-0.4, -0.2) is 11.4 Å². The Balaban J connectivity index is 1.97. The lowest BCUT2D eigenvalue weighted by molar-refractivity contribution is -0.127. The highest BCUT2D eigenvalue weighted by molar-refractivity contribution is 5.74. The zero-order valence-electron chi connectivity index (χ0n) is 6.31. The number of amides is 1. The maximum atomic E-state index is 10.7. The van der Waals surface area contributed by atoms with E-state index in [0.29, 0.717) is 0 Å². The van der Waals surface area contributed by atoms with Crippen molar-refractivity contribution in [3.63, 3.8) is 0 Å². The first kappa shape index (κ1) is 6.20. The molecule has 1 amide bonds. The lowest BCUT2D eigenvalue weighted by Gasteiger charge is -2.58. The summed E-state index contributed by atoms with van der Waals surface area (Å²) in [6.07, 6.45) is 5.11. The largest absolute Gasteiger partial charge is 0.351 e. The van der Waals surface area contributed by atoms with Crippen molar-refractivity contribution in [2.45, 2.75) is 38.1 Å². The first-order valence-corrected chi connectivity index (χ1v) is 4.02. The molecular formula is C8H13NO. The first-order chi connectivity index (χ1) is 4.73. The summed E-state index contributed by atoms with van der Waals surface area (Å²) in [4.78, 5) is 10.7. The van der Waals surface area contributed by atoms with Gasteiger partial charge in [-0.25, -0.2) is 0 Å². The van der Waals surface area contributed by atoms with Gasteiger partial charge in [-0.15, -0.1) is 0 Å². The van der Waals surface area contributed by atoms with Gasteiger partial charge >= 0.3 is 0 Å². The molecule has 0 atom stereocenters. The molecule has 0 bridgehead atoms. The number of nitrogens with one attached hydrogen (secondary N) is 1. The number of hydrogen-bond acceptors (Lipinski definition) is 1. The van der Waals surface area contributed by atoms with E-state index < -0.39 is 0 Å². The summed E-state index contributed by atoms with van der Waals surface area (Å²) in [6, 6.07) is 0. The van der Waals surface area contributed by atoms with E-state index in [-0.39, 0.29) is 11.4 Å². The quantitative estimate of drug-likeness (QED) is 0.578. The maximum absolute atomic E-state index is 10.7. The fourth-order valence-corrected chi connectivity index (χ4v) is 2.24. The van der Waals surface area contributed by atoms with E-state index >= 15 is 0 Å². The highest BCUT2D eigenvalue weighted by Gasteiger charge is 2.53. The Morgan fingerprint density at radius 2 is 2.10 bits per heavy atom. The van der Waals surface area contributed by atoms with Crippen molar-refractivity contribution in [2.75, 3.05) is 0 Å². The molecule has 0 aromatic heterocycles. The van der Waals surface area contributed by atoms with Crippen molar-refractivity contribution in [3.8, 4) is 0 Å². The molecule has 0 aromatic rings. The molecule has 2 aliphatic rings. The number of carbonyl (C=O) groups is 1. The van der Waals surface area contributed by atoms with Crippen LogP contribution in [0.5, 0.6) is 0 Å². The van der Waals surface area contributed by atoms with Crippen LogP contribution in [0.25, 0.3) is 0 Å². The predicted octanol–water partition coefficient (Wildman–Crippen LogP) is 1.07. The minimum Gasteiger partial charge on any atom is -0.351 e. The van der Waals surface area contributed by atoms with Crippen molar-refractivity contribution < 1.29 is 4.79 Å². The monoisotopic (exact) mass is 139 g/mol. The van der Waals surface area contributed by atoms with E-state index in [1.54, 1.807) is 6.92 Å². The van der Waals surface area contributed by atoms with Gasteiger partial charge in [0.15, 0.2) is 0 Å². The van der Waals surface area contributed by atoms with E-state index in [2.05, 4.69) is 5.32 Å². The lowest BCUT2D eigenvalue weighted by Crippen LogP contribution is -2.65. The number of carbonyl (C=O) groups excluding carboxylic acids is 1. The third-order valence-corrected chi connectivity index (χ3v) is 3.08. The number of hydrogen-bond donors (Lipinski definition) is 1. The summed E-state index contributed by atoms with van der Waals surface area (Å²) >= 11 is 0. The van der Waals surface area contributed by atoms with Crippen LogP contribution < -0.4 is 5.32 Å². The average molecular weight is 139 g/mol. The standard InChI is InChI=1S/C8H13NO/c1-6(10)9-8-4-2-7(8)3-5-8/h7H,2-5H2,1H3,(H,9,10). The molecule has 0 aliphatic heterocycles. The van der Waals surface area contributed by atoms with Gasteiger partial charge in [0.05, 0.1) is 0 Å². The molecular weight excluding hydrogens is 126 g/mol. The van der Waals surface area contributed by atoms with Crippen molar-refractivity contribution >= 4 is 5.91 Å². The van der Waals surface area contributed by atoms with Crippen molar-refractivity contribution in [3.05, 3.63) is 0 Å². The van der Waals surface area contributed by atoms with Gasteiger partial charge < -0.3 is 5.32 Å². The Morgan fingerprint density at radius 1 is 1.50 bits per heavy atom. The molecule has 10 heavy (non-hydrogen) atoms. The molecule has 0 saturated heterocycles. The maximum Gasteiger partial charge on any atom is 0.217 e. The van der Waals surface area contributed by atoms with Crippen LogP contribution in [0.2, 0.25) is 0 Å². The molecule has 56 valence electrons. The van der Waals surface area contributed by atoms with E-state index in [4.69, 9.17) is 0 Å². The summed E-state index contributed by atoms with van der Waals surface area (Å²) in [5.74, 6) is 0.973. The SMILES string of the molecule is CC(=O)NC12CCC1CC2. The fourth-order valence-electron chi connectivity index (χ4n) is 2.24. The topological polar surface area (TPSA) is 29.1 Å². The van der Waals surface area contributed by atoms with Gasteiger partial charge in [0.1, 0.15) is 0 Å². The minimum atomic E-state index is 0.143. The summed E-state index contributed by atoms with van der Waals surface area (Å²) in [5.41, 5.74) is 0.284. The van der Waals surface area contributed by atoms with Gasteiger partial charge in [-0.1, -0.05) is 0 Å². The van der Waals surface area contributed by atoms with Crippen LogP contribution in [0, 0.1) is 5.92 Å². The van der Waals surface area contributed by atoms with Gasteiger partial charge in [0, 0.05) is 12.5 Å². The van der Waals surface area contributed by atoms with Gasteiger partial charge in [-0.05, 0) is 31.6 Å². The average Bonchev–Trinajstić information content (AvgIpc) is 1.85. The Kier molecular flexibility index (Phi) is 1.08. The van der Waals surface area contributed by atoms with Crippen molar-refractivity contribution in [1.29, 1.82) is 0 Å². The molecule has 0 aromatic carbocycles. The zero-order valence-corrected chi connectivity index (χ0v) is 6.31. The molecule has 0 spiro atoms. The summed E-state index contributed by atoms with van der Waals surface area (Å²) < 4.78 is 0. The Labute approximate surface area is 61.0 Å². The molecule has 2 nitrogen and oxygen atoms in total. The zero-order chi connectivity index (χ0) is 7.19. The minimum absolute atomic E-state index is 0.143. The molecule has 0 unspecified atom stereocenters. The van der Waals surface area contributed by atoms with Crippen molar-refractivity contribution in [2.24, 2.45) is 5.92 Å². The molecule has 1 N–H and O–H groups in total. The molecule has 2 rings (SSSR count). The highest BCUT2D eigenvalue weighted by atomic mass is 16.1. The molecule has 2 aliphatic carbocycles. The second-order valence-electron chi connectivity index (χ2n) is 3.61. The third kappa shape index (κ3) is 0.619. The second-order valence-corrected chi connectivity index (χ2v) is 3.61. The number of fused-ring (bicyclic) bond motifs is 1. The summed E-state index contributed by atoms with van der Waals surface area (Å²) in [7, 11) is 0. The smallest absolute Gasteiger partial charge is 0.217 e. The van der Waals surface area contributed by atoms with Gasteiger partial charge in [-0.2, -0.15) is 0 Å². The normalized spacial score (nSPS) is 42.7. The molecule has 0 heterocycles. The Hall–Kier alpha value is -0.530. The van der Waals surface area contributed by atoms with Crippen molar-refractivity contribution in [1.82, 2.24) is 5.32 Å². The van der Waals surface area contributed by atoms with E-state index in [9.17, 15) is 4.79 Å². The Bertz CT molecular complexity index is 168. The first-order valence-electron chi connectivity index (χ1n) is 4.02. The predicted molar refractivity (Wildman–Crippen MR) is 38.5 cm³/mol. The summed E-state index contributed by atoms with van der Waals surface area (Å²) in [5, 5.41) is 3.05. The van der Waals surface area contributed by atoms with Gasteiger partial charge in [-0.3, -0.25) is 4.79 Å². The van der Waals surface area contributed by atoms with Crippen LogP contribution >= 0.6 is 0 Å². The van der Waals surface area contributed by atoms with Crippen LogP contribution in [0.4, 0.5) is 0 Å². The summed E-state index contributed by atoms with van der Waals surface area (Å²) in [6.45, 7) is 1.61. The molecule has 2 heteroatoms. The van der Waals surface area contributed by atoms with E-state index in [0.717, 1.165) is 5.92 Å². The fraction of sp³-hybridized carbons (Fsp3) is 0.875. The molecule has 2 saturated carbocycles. The third-order valence-electron chi connectivity index (χ3n) is 3.08.